The van der Waals surface area contributed by atoms with Gasteiger partial charge in [0.15, 0.2) is 5.82 Å². The standard InChI is InChI=1S/C12H18N4O4S/c1-3-4-16-7-11(5-10(16)8-17)21(18,19)13-6-12-14-9(2)15-20-12/h5,7,13,17H,3-4,6,8H2,1-2H3. The summed E-state index contributed by atoms with van der Waals surface area (Å²) in [4.78, 5) is 4.03. The van der Waals surface area contributed by atoms with E-state index < -0.39 is 10.0 Å². The molecule has 0 amide bonds. The Balaban J connectivity index is 2.15. The number of aliphatic hydroxyl groups is 1. The van der Waals surface area contributed by atoms with E-state index in [1.165, 1.54) is 12.3 Å². The fourth-order valence-electron chi connectivity index (χ4n) is 1.91. The maximum Gasteiger partial charge on any atom is 0.242 e. The Morgan fingerprint density at radius 1 is 1.48 bits per heavy atom. The molecule has 2 rings (SSSR count). The molecular formula is C12H18N4O4S. The maximum absolute atomic E-state index is 12.2. The summed E-state index contributed by atoms with van der Waals surface area (Å²) in [6.45, 7) is 3.99. The van der Waals surface area contributed by atoms with E-state index in [9.17, 15) is 13.5 Å². The van der Waals surface area contributed by atoms with Gasteiger partial charge in [0.2, 0.25) is 15.9 Å². The highest BCUT2D eigenvalue weighted by atomic mass is 32.2. The third kappa shape index (κ3) is 3.69. The van der Waals surface area contributed by atoms with Gasteiger partial charge in [0.05, 0.1) is 18.0 Å². The average molecular weight is 314 g/mol. The minimum absolute atomic E-state index is 0.0728. The predicted molar refractivity (Wildman–Crippen MR) is 73.7 cm³/mol. The van der Waals surface area contributed by atoms with Crippen molar-refractivity contribution in [3.63, 3.8) is 0 Å². The summed E-state index contributed by atoms with van der Waals surface area (Å²) in [7, 11) is -3.69. The molecule has 0 aliphatic rings. The van der Waals surface area contributed by atoms with Gasteiger partial charge in [-0.25, -0.2) is 13.1 Å². The lowest BCUT2D eigenvalue weighted by atomic mass is 10.4. The van der Waals surface area contributed by atoms with Crippen LogP contribution in [0.3, 0.4) is 0 Å². The summed E-state index contributed by atoms with van der Waals surface area (Å²) in [5.74, 6) is 0.646. The van der Waals surface area contributed by atoms with Gasteiger partial charge in [-0.05, 0) is 19.4 Å². The number of sulfonamides is 1. The van der Waals surface area contributed by atoms with Crippen LogP contribution in [0.25, 0.3) is 0 Å². The van der Waals surface area contributed by atoms with Gasteiger partial charge in [-0.15, -0.1) is 0 Å². The zero-order chi connectivity index (χ0) is 15.5. The Labute approximate surface area is 122 Å². The first-order valence-corrected chi connectivity index (χ1v) is 8.03. The van der Waals surface area contributed by atoms with E-state index in [1.54, 1.807) is 11.5 Å². The summed E-state index contributed by atoms with van der Waals surface area (Å²) < 4.78 is 33.4. The Morgan fingerprint density at radius 3 is 2.81 bits per heavy atom. The first kappa shape index (κ1) is 15.7. The number of hydrogen-bond donors (Lipinski definition) is 2. The molecule has 2 N–H and O–H groups in total. The molecular weight excluding hydrogens is 296 g/mol. The lowest BCUT2D eigenvalue weighted by Gasteiger charge is -2.03. The topological polar surface area (TPSA) is 110 Å². The van der Waals surface area contributed by atoms with Crippen molar-refractivity contribution in [3.8, 4) is 0 Å². The molecule has 0 unspecified atom stereocenters. The number of nitrogens with zero attached hydrogens (tertiary/aromatic N) is 3. The molecule has 0 radical (unpaired) electrons. The van der Waals surface area contributed by atoms with Gasteiger partial charge in [-0.3, -0.25) is 0 Å². The number of rotatable bonds is 7. The monoisotopic (exact) mass is 314 g/mol. The van der Waals surface area contributed by atoms with Gasteiger partial charge in [-0.2, -0.15) is 4.98 Å². The van der Waals surface area contributed by atoms with E-state index in [0.717, 1.165) is 6.42 Å². The van der Waals surface area contributed by atoms with Crippen LogP contribution < -0.4 is 4.72 Å². The Hall–Kier alpha value is -1.71. The van der Waals surface area contributed by atoms with Crippen molar-refractivity contribution in [2.45, 2.75) is 44.9 Å². The summed E-state index contributed by atoms with van der Waals surface area (Å²) in [5.41, 5.74) is 0.561. The minimum atomic E-state index is -3.69. The van der Waals surface area contributed by atoms with E-state index in [1.807, 2.05) is 6.92 Å². The molecule has 0 saturated carbocycles. The average Bonchev–Trinajstić information content (AvgIpc) is 3.04. The van der Waals surface area contributed by atoms with Gasteiger partial charge in [0.25, 0.3) is 0 Å². The third-order valence-electron chi connectivity index (χ3n) is 2.88. The van der Waals surface area contributed by atoms with E-state index in [0.29, 0.717) is 18.1 Å². The van der Waals surface area contributed by atoms with Crippen molar-refractivity contribution in [1.82, 2.24) is 19.4 Å². The second kappa shape index (κ2) is 6.37. The second-order valence-electron chi connectivity index (χ2n) is 4.58. The Bertz CT molecular complexity index is 705. The van der Waals surface area contributed by atoms with Gasteiger partial charge in [0.1, 0.15) is 0 Å². The Kier molecular flexibility index (Phi) is 4.76. The summed E-state index contributed by atoms with van der Waals surface area (Å²) >= 11 is 0. The van der Waals surface area contributed by atoms with Gasteiger partial charge in [0, 0.05) is 18.4 Å². The van der Waals surface area contributed by atoms with Gasteiger partial charge < -0.3 is 14.2 Å². The first-order chi connectivity index (χ1) is 9.96. The quantitative estimate of drug-likeness (QED) is 0.772. The number of aryl methyl sites for hydroxylation is 2. The summed E-state index contributed by atoms with van der Waals surface area (Å²) in [6.07, 6.45) is 2.35. The normalized spacial score (nSPS) is 12.0. The summed E-state index contributed by atoms with van der Waals surface area (Å²) in [6, 6.07) is 1.46. The van der Waals surface area contributed by atoms with Crippen LogP contribution >= 0.6 is 0 Å². The molecule has 9 heteroatoms. The third-order valence-corrected chi connectivity index (χ3v) is 4.25. The van der Waals surface area contributed by atoms with E-state index in [-0.39, 0.29) is 23.9 Å². The molecule has 2 heterocycles. The molecule has 0 aliphatic carbocycles. The fourth-order valence-corrected chi connectivity index (χ4v) is 2.94. The molecule has 0 aromatic carbocycles. The van der Waals surface area contributed by atoms with Gasteiger partial charge >= 0.3 is 0 Å². The van der Waals surface area contributed by atoms with Crippen LogP contribution in [0.5, 0.6) is 0 Å². The van der Waals surface area contributed by atoms with Crippen molar-refractivity contribution in [1.29, 1.82) is 0 Å². The Morgan fingerprint density at radius 2 is 2.24 bits per heavy atom. The zero-order valence-corrected chi connectivity index (χ0v) is 12.7. The lowest BCUT2D eigenvalue weighted by Crippen LogP contribution is -2.23. The van der Waals surface area contributed by atoms with Crippen molar-refractivity contribution < 1.29 is 18.0 Å². The molecule has 2 aromatic heterocycles. The molecule has 0 spiro atoms. The van der Waals surface area contributed by atoms with Crippen LogP contribution in [0, 0.1) is 6.92 Å². The van der Waals surface area contributed by atoms with Crippen LogP contribution in [0.2, 0.25) is 0 Å². The molecule has 0 aliphatic heterocycles. The van der Waals surface area contributed by atoms with E-state index in [2.05, 4.69) is 14.9 Å². The van der Waals surface area contributed by atoms with Crippen LogP contribution in [-0.2, 0) is 29.7 Å². The largest absolute Gasteiger partial charge is 0.390 e. The smallest absolute Gasteiger partial charge is 0.242 e. The van der Waals surface area contributed by atoms with E-state index >= 15 is 0 Å². The number of aromatic nitrogens is 3. The predicted octanol–water partition coefficient (Wildman–Crippen LogP) is 0.560. The fraction of sp³-hybridized carbons (Fsp3) is 0.500. The van der Waals surface area contributed by atoms with Crippen molar-refractivity contribution in [2.75, 3.05) is 0 Å². The molecule has 0 fully saturated rings. The second-order valence-corrected chi connectivity index (χ2v) is 6.35. The number of nitrogens with one attached hydrogen (secondary N) is 1. The van der Waals surface area contributed by atoms with Crippen molar-refractivity contribution in [3.05, 3.63) is 29.7 Å². The lowest BCUT2D eigenvalue weighted by molar-refractivity contribution is 0.270. The molecule has 0 saturated heterocycles. The van der Waals surface area contributed by atoms with Crippen LogP contribution in [0.15, 0.2) is 21.7 Å². The maximum atomic E-state index is 12.2. The highest BCUT2D eigenvalue weighted by Gasteiger charge is 2.19. The molecule has 2 aromatic rings. The number of aliphatic hydroxyl groups excluding tert-OH is 1. The molecule has 0 atom stereocenters. The van der Waals surface area contributed by atoms with Crippen LogP contribution in [-0.4, -0.2) is 28.2 Å². The highest BCUT2D eigenvalue weighted by molar-refractivity contribution is 7.89. The SMILES string of the molecule is CCCn1cc(S(=O)(=O)NCc2nc(C)no2)cc1CO. The van der Waals surface area contributed by atoms with Gasteiger partial charge in [-0.1, -0.05) is 12.1 Å². The summed E-state index contributed by atoms with van der Waals surface area (Å²) in [5, 5.41) is 12.9. The van der Waals surface area contributed by atoms with Crippen LogP contribution in [0.1, 0.15) is 30.8 Å². The van der Waals surface area contributed by atoms with E-state index in [4.69, 9.17) is 4.52 Å². The highest BCUT2D eigenvalue weighted by Crippen LogP contribution is 2.15. The molecule has 116 valence electrons. The zero-order valence-electron chi connectivity index (χ0n) is 11.9. The number of hydrogen-bond acceptors (Lipinski definition) is 6. The van der Waals surface area contributed by atoms with Crippen LogP contribution in [0.4, 0.5) is 0 Å². The molecule has 21 heavy (non-hydrogen) atoms. The van der Waals surface area contributed by atoms with Crippen molar-refractivity contribution in [2.24, 2.45) is 0 Å². The minimum Gasteiger partial charge on any atom is -0.390 e. The molecule has 0 bridgehead atoms. The van der Waals surface area contributed by atoms with Crippen molar-refractivity contribution >= 4 is 10.0 Å². The first-order valence-electron chi connectivity index (χ1n) is 6.55. The molecule has 8 nitrogen and oxygen atoms in total.